The van der Waals surface area contributed by atoms with Crippen molar-refractivity contribution in [2.45, 2.75) is 33.0 Å². The zero-order valence-corrected chi connectivity index (χ0v) is 14.7. The highest BCUT2D eigenvalue weighted by Crippen LogP contribution is 2.32. The number of nitrogens with zero attached hydrogens (tertiary/aromatic N) is 2. The molecule has 0 bridgehead atoms. The average molecular weight is 337 g/mol. The summed E-state index contributed by atoms with van der Waals surface area (Å²) in [6, 6.07) is 14.6. The van der Waals surface area contributed by atoms with Crippen molar-refractivity contribution in [1.82, 2.24) is 14.9 Å². The molecule has 1 aromatic heterocycles. The normalized spacial score (nSPS) is 14.6. The maximum atomic E-state index is 5.68. The molecule has 0 saturated carbocycles. The van der Waals surface area contributed by atoms with E-state index >= 15 is 0 Å². The Balaban J connectivity index is 1.51. The van der Waals surface area contributed by atoms with Crippen LogP contribution in [0.15, 0.2) is 42.5 Å². The molecule has 2 heterocycles. The van der Waals surface area contributed by atoms with Gasteiger partial charge in [-0.2, -0.15) is 0 Å². The van der Waals surface area contributed by atoms with Crippen molar-refractivity contribution in [2.75, 3.05) is 13.2 Å². The van der Waals surface area contributed by atoms with Gasteiger partial charge in [0.25, 0.3) is 0 Å². The molecule has 4 rings (SSSR count). The molecule has 0 spiro atoms. The quantitative estimate of drug-likeness (QED) is 0.771. The van der Waals surface area contributed by atoms with E-state index in [0.29, 0.717) is 13.2 Å². The van der Waals surface area contributed by atoms with Crippen LogP contribution in [0.25, 0.3) is 11.0 Å². The summed E-state index contributed by atoms with van der Waals surface area (Å²) in [6.45, 7) is 7.17. The van der Waals surface area contributed by atoms with E-state index in [-0.39, 0.29) is 6.04 Å². The molecule has 1 N–H and O–H groups in total. The van der Waals surface area contributed by atoms with Gasteiger partial charge in [-0.1, -0.05) is 18.2 Å². The van der Waals surface area contributed by atoms with Crippen LogP contribution in [0.4, 0.5) is 0 Å². The van der Waals surface area contributed by atoms with Crippen LogP contribution in [0.1, 0.15) is 31.3 Å². The maximum Gasteiger partial charge on any atom is 0.161 e. The van der Waals surface area contributed by atoms with Gasteiger partial charge in [0.2, 0.25) is 0 Å². The predicted octanol–water partition coefficient (Wildman–Crippen LogP) is 3.68. The summed E-state index contributed by atoms with van der Waals surface area (Å²) < 4.78 is 13.5. The summed E-state index contributed by atoms with van der Waals surface area (Å²) in [5.41, 5.74) is 3.42. The molecule has 5 nitrogen and oxygen atoms in total. The minimum atomic E-state index is 0.195. The SMILES string of the molecule is CCn1c(CN[C@@H](C)c2ccc3c(c2)OCCO3)nc2ccccc21. The van der Waals surface area contributed by atoms with Gasteiger partial charge in [-0.3, -0.25) is 0 Å². The van der Waals surface area contributed by atoms with Crippen LogP contribution in [0, 0.1) is 0 Å². The molecule has 0 saturated heterocycles. The molecular weight excluding hydrogens is 314 g/mol. The maximum absolute atomic E-state index is 5.68. The van der Waals surface area contributed by atoms with E-state index in [0.717, 1.165) is 35.9 Å². The molecule has 2 aromatic carbocycles. The third-order valence-electron chi connectivity index (χ3n) is 4.68. The summed E-state index contributed by atoms with van der Waals surface area (Å²) in [4.78, 5) is 4.78. The summed E-state index contributed by atoms with van der Waals surface area (Å²) in [5, 5.41) is 3.58. The van der Waals surface area contributed by atoms with Crippen molar-refractivity contribution in [3.8, 4) is 11.5 Å². The molecule has 3 aromatic rings. The highest BCUT2D eigenvalue weighted by Gasteiger charge is 2.15. The molecule has 0 unspecified atom stereocenters. The Hall–Kier alpha value is -2.53. The summed E-state index contributed by atoms with van der Waals surface area (Å²) in [7, 11) is 0. The van der Waals surface area contributed by atoms with Crippen molar-refractivity contribution in [3.63, 3.8) is 0 Å². The lowest BCUT2D eigenvalue weighted by atomic mass is 10.1. The Morgan fingerprint density at radius 1 is 1.12 bits per heavy atom. The smallest absolute Gasteiger partial charge is 0.161 e. The largest absolute Gasteiger partial charge is 0.486 e. The van der Waals surface area contributed by atoms with Crippen LogP contribution < -0.4 is 14.8 Å². The van der Waals surface area contributed by atoms with Gasteiger partial charge < -0.3 is 19.4 Å². The zero-order chi connectivity index (χ0) is 17.2. The standard InChI is InChI=1S/C20H23N3O2/c1-3-23-17-7-5-4-6-16(17)22-20(23)13-21-14(2)15-8-9-18-19(12-15)25-11-10-24-18/h4-9,12,14,21H,3,10-11,13H2,1-2H3/t14-/m0/s1. The number of hydrogen-bond donors (Lipinski definition) is 1. The fourth-order valence-corrected chi connectivity index (χ4v) is 3.30. The van der Waals surface area contributed by atoms with Gasteiger partial charge in [-0.15, -0.1) is 0 Å². The molecule has 0 amide bonds. The van der Waals surface area contributed by atoms with Crippen molar-refractivity contribution in [1.29, 1.82) is 0 Å². The van der Waals surface area contributed by atoms with E-state index in [4.69, 9.17) is 14.5 Å². The molecule has 0 radical (unpaired) electrons. The Bertz CT molecular complexity index is 888. The number of ether oxygens (including phenoxy) is 2. The lowest BCUT2D eigenvalue weighted by Gasteiger charge is -2.21. The van der Waals surface area contributed by atoms with Crippen molar-refractivity contribution in [2.24, 2.45) is 0 Å². The zero-order valence-electron chi connectivity index (χ0n) is 14.7. The van der Waals surface area contributed by atoms with E-state index in [2.05, 4.69) is 54.1 Å². The number of aryl methyl sites for hydroxylation is 1. The van der Waals surface area contributed by atoms with Gasteiger partial charge in [0, 0.05) is 12.6 Å². The van der Waals surface area contributed by atoms with Crippen LogP contribution in [-0.4, -0.2) is 22.8 Å². The van der Waals surface area contributed by atoms with E-state index < -0.39 is 0 Å². The Labute approximate surface area is 147 Å². The first-order valence-electron chi connectivity index (χ1n) is 8.83. The molecule has 1 aliphatic rings. The number of hydrogen-bond acceptors (Lipinski definition) is 4. The van der Waals surface area contributed by atoms with Crippen molar-refractivity contribution >= 4 is 11.0 Å². The van der Waals surface area contributed by atoms with Gasteiger partial charge in [-0.25, -0.2) is 4.98 Å². The molecule has 25 heavy (non-hydrogen) atoms. The Morgan fingerprint density at radius 3 is 2.76 bits per heavy atom. The minimum absolute atomic E-state index is 0.195. The summed E-state index contributed by atoms with van der Waals surface area (Å²) in [5.74, 6) is 2.72. The number of imidazole rings is 1. The van der Waals surface area contributed by atoms with Crippen molar-refractivity contribution in [3.05, 3.63) is 53.9 Å². The molecule has 5 heteroatoms. The van der Waals surface area contributed by atoms with Gasteiger partial charge in [0.15, 0.2) is 11.5 Å². The van der Waals surface area contributed by atoms with E-state index in [1.807, 2.05) is 12.1 Å². The number of aromatic nitrogens is 2. The highest BCUT2D eigenvalue weighted by atomic mass is 16.6. The number of nitrogens with one attached hydrogen (secondary N) is 1. The first-order valence-corrected chi connectivity index (χ1v) is 8.83. The van der Waals surface area contributed by atoms with E-state index in [9.17, 15) is 0 Å². The molecule has 1 atom stereocenters. The van der Waals surface area contributed by atoms with Crippen LogP contribution >= 0.6 is 0 Å². The average Bonchev–Trinajstić information content (AvgIpc) is 3.03. The van der Waals surface area contributed by atoms with Crippen LogP contribution in [0.5, 0.6) is 11.5 Å². The second kappa shape index (κ2) is 6.76. The molecular formula is C20H23N3O2. The fourth-order valence-electron chi connectivity index (χ4n) is 3.30. The van der Waals surface area contributed by atoms with Gasteiger partial charge in [0.05, 0.1) is 17.6 Å². The third kappa shape index (κ3) is 3.07. The topological polar surface area (TPSA) is 48.3 Å². The second-order valence-corrected chi connectivity index (χ2v) is 6.27. The first-order chi connectivity index (χ1) is 12.3. The number of rotatable bonds is 5. The lowest BCUT2D eigenvalue weighted by molar-refractivity contribution is 0.171. The number of fused-ring (bicyclic) bond motifs is 2. The third-order valence-corrected chi connectivity index (χ3v) is 4.68. The molecule has 130 valence electrons. The lowest BCUT2D eigenvalue weighted by Crippen LogP contribution is -2.21. The Morgan fingerprint density at radius 2 is 1.92 bits per heavy atom. The monoisotopic (exact) mass is 337 g/mol. The fraction of sp³-hybridized carbons (Fsp3) is 0.350. The second-order valence-electron chi connectivity index (χ2n) is 6.27. The van der Waals surface area contributed by atoms with Gasteiger partial charge in [0.1, 0.15) is 19.0 Å². The molecule has 0 fully saturated rings. The number of para-hydroxylation sites is 2. The summed E-state index contributed by atoms with van der Waals surface area (Å²) in [6.07, 6.45) is 0. The first kappa shape index (κ1) is 16.0. The van der Waals surface area contributed by atoms with Gasteiger partial charge >= 0.3 is 0 Å². The van der Waals surface area contributed by atoms with Crippen molar-refractivity contribution < 1.29 is 9.47 Å². The summed E-state index contributed by atoms with van der Waals surface area (Å²) >= 11 is 0. The van der Waals surface area contributed by atoms with Crippen LogP contribution in [0.3, 0.4) is 0 Å². The van der Waals surface area contributed by atoms with E-state index in [1.165, 1.54) is 11.1 Å². The molecule has 1 aliphatic heterocycles. The Kier molecular flexibility index (Phi) is 4.32. The van der Waals surface area contributed by atoms with Crippen LogP contribution in [-0.2, 0) is 13.1 Å². The predicted molar refractivity (Wildman–Crippen MR) is 98.1 cm³/mol. The van der Waals surface area contributed by atoms with Gasteiger partial charge in [-0.05, 0) is 43.7 Å². The number of benzene rings is 2. The van der Waals surface area contributed by atoms with E-state index in [1.54, 1.807) is 0 Å². The minimum Gasteiger partial charge on any atom is -0.486 e. The molecule has 0 aliphatic carbocycles. The highest BCUT2D eigenvalue weighted by molar-refractivity contribution is 5.75. The van der Waals surface area contributed by atoms with Crippen LogP contribution in [0.2, 0.25) is 0 Å².